The maximum atomic E-state index is 3.70. The van der Waals surface area contributed by atoms with Crippen LogP contribution in [0.3, 0.4) is 0 Å². The molecule has 0 aromatic rings. The number of unbranched alkanes of at least 4 members (excludes halogenated alkanes) is 1. The predicted octanol–water partition coefficient (Wildman–Crippen LogP) is 2.57. The molecule has 0 aliphatic heterocycles. The Labute approximate surface area is 84.3 Å². The maximum absolute atomic E-state index is 3.70. The number of allylic oxidation sites excluding steroid dienone is 1. The molecule has 0 fully saturated rings. The van der Waals surface area contributed by atoms with Gasteiger partial charge >= 0.3 is 83.7 Å². The first-order valence-electron chi connectivity index (χ1n) is 5.38. The summed E-state index contributed by atoms with van der Waals surface area (Å²) in [4.78, 5) is 0. The van der Waals surface area contributed by atoms with E-state index in [1.165, 1.54) is 25.5 Å². The van der Waals surface area contributed by atoms with Gasteiger partial charge in [0, 0.05) is 0 Å². The van der Waals surface area contributed by atoms with Crippen LogP contribution in [-0.2, 0) is 0 Å². The topological polar surface area (TPSA) is 12.0 Å². The van der Waals surface area contributed by atoms with Gasteiger partial charge in [0.05, 0.1) is 0 Å². The van der Waals surface area contributed by atoms with Crippen LogP contribution in [0.2, 0.25) is 0 Å². The molecule has 0 rings (SSSR count). The molecule has 13 heavy (non-hydrogen) atoms. The van der Waals surface area contributed by atoms with Gasteiger partial charge in [-0.05, 0) is 0 Å². The van der Waals surface area contributed by atoms with E-state index >= 15 is 0 Å². The van der Waals surface area contributed by atoms with Crippen molar-refractivity contribution in [1.82, 2.24) is 5.32 Å². The molecule has 0 heterocycles. The molecule has 0 amide bonds. The Bertz CT molecular complexity index is 127. The van der Waals surface area contributed by atoms with Crippen molar-refractivity contribution >= 4 is 7.26 Å². The minimum absolute atomic E-state index is 0.789. The molecule has 1 nitrogen and oxygen atoms in total. The van der Waals surface area contributed by atoms with Crippen LogP contribution in [0.4, 0.5) is 0 Å². The van der Waals surface area contributed by atoms with Gasteiger partial charge < -0.3 is 0 Å². The van der Waals surface area contributed by atoms with Crippen LogP contribution in [0.15, 0.2) is 12.7 Å². The Morgan fingerprint density at radius 1 is 1.15 bits per heavy atom. The fraction of sp³-hybridized carbons (Fsp3) is 0.818. The van der Waals surface area contributed by atoms with Crippen molar-refractivity contribution < 1.29 is 0 Å². The first-order valence-corrected chi connectivity index (χ1v) is 9.08. The minimum atomic E-state index is -0.789. The molecular formula is C11H26NP. The van der Waals surface area contributed by atoms with E-state index in [2.05, 4.69) is 31.9 Å². The van der Waals surface area contributed by atoms with Crippen molar-refractivity contribution in [3.63, 3.8) is 0 Å². The summed E-state index contributed by atoms with van der Waals surface area (Å²) < 4.78 is 0. The van der Waals surface area contributed by atoms with Gasteiger partial charge in [-0.3, -0.25) is 0 Å². The first kappa shape index (κ1) is 13.1. The van der Waals surface area contributed by atoms with Gasteiger partial charge in [0.15, 0.2) is 0 Å². The molecule has 0 aliphatic carbocycles. The summed E-state index contributed by atoms with van der Waals surface area (Å²) in [5, 5.41) is 3.47. The molecule has 0 bridgehead atoms. The van der Waals surface area contributed by atoms with Gasteiger partial charge in [0.2, 0.25) is 0 Å². The van der Waals surface area contributed by atoms with Crippen molar-refractivity contribution in [1.29, 1.82) is 0 Å². The van der Waals surface area contributed by atoms with Gasteiger partial charge in [0.25, 0.3) is 0 Å². The van der Waals surface area contributed by atoms with E-state index in [-0.39, 0.29) is 0 Å². The van der Waals surface area contributed by atoms with Gasteiger partial charge in [-0.2, -0.15) is 0 Å². The van der Waals surface area contributed by atoms with Crippen LogP contribution in [0.1, 0.15) is 19.3 Å². The van der Waals surface area contributed by atoms with Crippen LogP contribution in [0.25, 0.3) is 0 Å². The number of hydrogen-bond acceptors (Lipinski definition) is 1. The zero-order chi connectivity index (χ0) is 10.2. The van der Waals surface area contributed by atoms with Gasteiger partial charge in [-0.25, -0.2) is 0 Å². The van der Waals surface area contributed by atoms with Gasteiger partial charge in [-0.15, -0.1) is 0 Å². The fourth-order valence-corrected chi connectivity index (χ4v) is 2.48. The number of nitrogens with one attached hydrogen (secondary N) is 1. The average Bonchev–Trinajstić information content (AvgIpc) is 2.01. The molecule has 0 saturated heterocycles. The molecule has 2 heteroatoms. The van der Waals surface area contributed by atoms with Crippen LogP contribution >= 0.6 is 7.26 Å². The van der Waals surface area contributed by atoms with E-state index in [9.17, 15) is 0 Å². The number of hydrogen-bond donors (Lipinski definition) is 1. The molecule has 0 spiro atoms. The summed E-state index contributed by atoms with van der Waals surface area (Å²) in [6.07, 6.45) is 7.16. The summed E-state index contributed by atoms with van der Waals surface area (Å²) in [5.41, 5.74) is 0. The van der Waals surface area contributed by atoms with Gasteiger partial charge in [0.1, 0.15) is 0 Å². The average molecular weight is 203 g/mol. The van der Waals surface area contributed by atoms with Gasteiger partial charge in [-0.1, -0.05) is 0 Å². The molecule has 0 aliphatic rings. The molecule has 0 aromatic heterocycles. The second kappa shape index (κ2) is 7.53. The van der Waals surface area contributed by atoms with E-state index in [0.717, 1.165) is 13.0 Å². The first-order chi connectivity index (χ1) is 6.06. The third-order valence-corrected chi connectivity index (χ3v) is 3.90. The normalized spacial score (nSPS) is 12.8. The molecule has 0 atom stereocenters. The van der Waals surface area contributed by atoms with E-state index in [1.54, 1.807) is 0 Å². The second-order valence-corrected chi connectivity index (χ2v) is 10.5. The number of rotatable bonds is 8. The summed E-state index contributed by atoms with van der Waals surface area (Å²) in [6, 6.07) is 0. The predicted molar refractivity (Wildman–Crippen MR) is 67.9 cm³/mol. The molecule has 0 unspecified atom stereocenters. The quantitative estimate of drug-likeness (QED) is 0.363. The molecule has 0 aromatic carbocycles. The molecule has 80 valence electrons. The SMILES string of the molecule is C=CCCCNCCC[PH](C)(C)C. The molecular weight excluding hydrogens is 177 g/mol. The zero-order valence-corrected chi connectivity index (χ0v) is 10.5. The zero-order valence-electron chi connectivity index (χ0n) is 9.53. The Hall–Kier alpha value is 0.130. The van der Waals surface area contributed by atoms with Crippen molar-refractivity contribution in [3.05, 3.63) is 12.7 Å². The Balaban J connectivity index is 3.04. The summed E-state index contributed by atoms with van der Waals surface area (Å²) in [5.74, 6) is 0. The van der Waals surface area contributed by atoms with Crippen molar-refractivity contribution in [2.75, 3.05) is 39.2 Å². The molecule has 0 saturated carbocycles. The molecule has 1 N–H and O–H groups in total. The van der Waals surface area contributed by atoms with E-state index < -0.39 is 7.26 Å². The summed E-state index contributed by atoms with van der Waals surface area (Å²) in [7, 11) is -0.789. The fourth-order valence-electron chi connectivity index (χ4n) is 1.24. The Morgan fingerprint density at radius 2 is 1.77 bits per heavy atom. The van der Waals surface area contributed by atoms with Crippen molar-refractivity contribution in [2.45, 2.75) is 19.3 Å². The van der Waals surface area contributed by atoms with Crippen molar-refractivity contribution in [2.24, 2.45) is 0 Å². The third kappa shape index (κ3) is 12.1. The van der Waals surface area contributed by atoms with E-state index in [0.29, 0.717) is 0 Å². The Kier molecular flexibility index (Phi) is 7.60. The van der Waals surface area contributed by atoms with Crippen LogP contribution in [-0.4, -0.2) is 39.2 Å². The van der Waals surface area contributed by atoms with E-state index in [1.807, 2.05) is 6.08 Å². The standard InChI is InChI=1S/C11H26NP/c1-5-6-7-9-12-10-8-11-13(2,3)4/h5,12-13H,1,6-11H2,2-4H3. The van der Waals surface area contributed by atoms with Crippen LogP contribution in [0, 0.1) is 0 Å². The van der Waals surface area contributed by atoms with Crippen molar-refractivity contribution in [3.8, 4) is 0 Å². The Morgan fingerprint density at radius 3 is 2.31 bits per heavy atom. The second-order valence-electron chi connectivity index (χ2n) is 4.85. The molecule has 0 radical (unpaired) electrons. The monoisotopic (exact) mass is 203 g/mol. The van der Waals surface area contributed by atoms with Crippen LogP contribution in [0.5, 0.6) is 0 Å². The summed E-state index contributed by atoms with van der Waals surface area (Å²) >= 11 is 0. The van der Waals surface area contributed by atoms with E-state index in [4.69, 9.17) is 0 Å². The summed E-state index contributed by atoms with van der Waals surface area (Å²) in [6.45, 7) is 13.4. The van der Waals surface area contributed by atoms with Crippen LogP contribution < -0.4 is 5.32 Å². The third-order valence-electron chi connectivity index (χ3n) is 2.04.